The minimum atomic E-state index is -0.199. The van der Waals surface area contributed by atoms with Crippen molar-refractivity contribution < 1.29 is 9.13 Å². The molecule has 0 aliphatic heterocycles. The maximum Gasteiger partial charge on any atom is 0.123 e. The first-order chi connectivity index (χ1) is 8.72. The van der Waals surface area contributed by atoms with E-state index in [0.29, 0.717) is 12.6 Å². The minimum absolute atomic E-state index is 0.199. The van der Waals surface area contributed by atoms with Gasteiger partial charge in [-0.3, -0.25) is 4.90 Å². The Morgan fingerprint density at radius 3 is 2.67 bits per heavy atom. The Balaban J connectivity index is 2.03. The molecular weight excluding hydrogens is 231 g/mol. The number of rotatable bonds is 7. The maximum atomic E-state index is 13.4. The number of hydrogen-bond acceptors (Lipinski definition) is 3. The third-order valence-electron chi connectivity index (χ3n) is 3.28. The molecule has 3 nitrogen and oxygen atoms in total. The molecule has 18 heavy (non-hydrogen) atoms. The lowest BCUT2D eigenvalue weighted by atomic mass is 10.1. The first-order valence-corrected chi connectivity index (χ1v) is 6.44. The van der Waals surface area contributed by atoms with Crippen LogP contribution in [0.4, 0.5) is 4.39 Å². The monoisotopic (exact) mass is 252 g/mol. The highest BCUT2D eigenvalue weighted by atomic mass is 19.1. The number of nitrogens with zero attached hydrogens (tertiary/aromatic N) is 1. The number of halogens is 1. The quantitative estimate of drug-likeness (QED) is 0.805. The second kappa shape index (κ2) is 6.27. The van der Waals surface area contributed by atoms with Gasteiger partial charge in [-0.25, -0.2) is 4.39 Å². The minimum Gasteiger partial charge on any atom is -0.383 e. The number of methoxy groups -OCH3 is 1. The summed E-state index contributed by atoms with van der Waals surface area (Å²) in [6.07, 6.45) is 2.48. The van der Waals surface area contributed by atoms with E-state index in [1.54, 1.807) is 13.2 Å². The molecule has 1 aliphatic carbocycles. The summed E-state index contributed by atoms with van der Waals surface area (Å²) in [6, 6.07) is 5.73. The van der Waals surface area contributed by atoms with E-state index in [2.05, 4.69) is 4.90 Å². The van der Waals surface area contributed by atoms with E-state index in [0.717, 1.165) is 30.8 Å². The number of benzene rings is 1. The molecule has 0 aromatic heterocycles. The van der Waals surface area contributed by atoms with Gasteiger partial charge in [-0.2, -0.15) is 0 Å². The molecule has 0 heterocycles. The molecule has 0 bridgehead atoms. The first kappa shape index (κ1) is 13.5. The van der Waals surface area contributed by atoms with Crippen molar-refractivity contribution in [1.29, 1.82) is 0 Å². The van der Waals surface area contributed by atoms with E-state index in [-0.39, 0.29) is 5.82 Å². The highest BCUT2D eigenvalue weighted by Crippen LogP contribution is 2.28. The first-order valence-electron chi connectivity index (χ1n) is 6.44. The molecule has 1 aromatic rings. The van der Waals surface area contributed by atoms with Crippen molar-refractivity contribution in [3.63, 3.8) is 0 Å². The average molecular weight is 252 g/mol. The van der Waals surface area contributed by atoms with Crippen LogP contribution in [-0.4, -0.2) is 31.2 Å². The standard InChI is InChI=1S/C14H21FN2O/c1-18-5-4-17(14-2-3-14)10-12-6-11(9-16)7-13(15)8-12/h6-8,14H,2-5,9-10,16H2,1H3. The fourth-order valence-electron chi connectivity index (χ4n) is 2.20. The second-order valence-corrected chi connectivity index (χ2v) is 4.87. The van der Waals surface area contributed by atoms with Crippen LogP contribution in [0.5, 0.6) is 0 Å². The fraction of sp³-hybridized carbons (Fsp3) is 0.571. The van der Waals surface area contributed by atoms with Crippen LogP contribution in [0.25, 0.3) is 0 Å². The molecule has 1 fully saturated rings. The highest BCUT2D eigenvalue weighted by Gasteiger charge is 2.28. The van der Waals surface area contributed by atoms with Crippen LogP contribution in [0.2, 0.25) is 0 Å². The summed E-state index contributed by atoms with van der Waals surface area (Å²) in [7, 11) is 1.71. The number of hydrogen-bond donors (Lipinski definition) is 1. The molecular formula is C14H21FN2O. The second-order valence-electron chi connectivity index (χ2n) is 4.87. The molecule has 0 unspecified atom stereocenters. The molecule has 0 spiro atoms. The Hall–Kier alpha value is -0.970. The van der Waals surface area contributed by atoms with Crippen LogP contribution >= 0.6 is 0 Å². The zero-order chi connectivity index (χ0) is 13.0. The smallest absolute Gasteiger partial charge is 0.123 e. The Kier molecular flexibility index (Phi) is 4.69. The van der Waals surface area contributed by atoms with E-state index in [1.807, 2.05) is 6.07 Å². The number of ether oxygens (including phenoxy) is 1. The topological polar surface area (TPSA) is 38.5 Å². The molecule has 2 N–H and O–H groups in total. The Morgan fingerprint density at radius 2 is 2.06 bits per heavy atom. The van der Waals surface area contributed by atoms with Gasteiger partial charge >= 0.3 is 0 Å². The predicted molar refractivity (Wildman–Crippen MR) is 69.6 cm³/mol. The van der Waals surface area contributed by atoms with Gasteiger partial charge in [0, 0.05) is 32.8 Å². The lowest BCUT2D eigenvalue weighted by Gasteiger charge is -2.22. The molecule has 0 radical (unpaired) electrons. The summed E-state index contributed by atoms with van der Waals surface area (Å²) in [5.41, 5.74) is 7.42. The average Bonchev–Trinajstić information content (AvgIpc) is 3.18. The van der Waals surface area contributed by atoms with Crippen LogP contribution in [0.1, 0.15) is 24.0 Å². The van der Waals surface area contributed by atoms with Crippen molar-refractivity contribution in [3.8, 4) is 0 Å². The highest BCUT2D eigenvalue weighted by molar-refractivity contribution is 5.24. The van der Waals surface area contributed by atoms with Crippen molar-refractivity contribution in [3.05, 3.63) is 35.1 Å². The van der Waals surface area contributed by atoms with Gasteiger partial charge in [0.25, 0.3) is 0 Å². The van der Waals surface area contributed by atoms with Crippen molar-refractivity contribution in [2.75, 3.05) is 20.3 Å². The zero-order valence-electron chi connectivity index (χ0n) is 10.9. The normalized spacial score (nSPS) is 15.3. The van der Waals surface area contributed by atoms with Crippen LogP contribution in [-0.2, 0) is 17.8 Å². The molecule has 1 saturated carbocycles. The van der Waals surface area contributed by atoms with Gasteiger partial charge in [-0.05, 0) is 36.1 Å². The van der Waals surface area contributed by atoms with E-state index in [4.69, 9.17) is 10.5 Å². The van der Waals surface area contributed by atoms with E-state index in [9.17, 15) is 4.39 Å². The molecule has 0 saturated heterocycles. The van der Waals surface area contributed by atoms with Crippen molar-refractivity contribution in [2.24, 2.45) is 5.73 Å². The van der Waals surface area contributed by atoms with Crippen LogP contribution in [0.15, 0.2) is 18.2 Å². The van der Waals surface area contributed by atoms with Gasteiger partial charge in [-0.15, -0.1) is 0 Å². The fourth-order valence-corrected chi connectivity index (χ4v) is 2.20. The molecule has 4 heteroatoms. The van der Waals surface area contributed by atoms with Crippen molar-refractivity contribution in [2.45, 2.75) is 32.0 Å². The van der Waals surface area contributed by atoms with Gasteiger partial charge in [-0.1, -0.05) is 6.07 Å². The summed E-state index contributed by atoms with van der Waals surface area (Å²) < 4.78 is 18.6. The lowest BCUT2D eigenvalue weighted by molar-refractivity contribution is 0.139. The summed E-state index contributed by atoms with van der Waals surface area (Å²) in [5.74, 6) is -0.199. The van der Waals surface area contributed by atoms with Crippen molar-refractivity contribution >= 4 is 0 Å². The van der Waals surface area contributed by atoms with Gasteiger partial charge in [0.05, 0.1) is 6.61 Å². The summed E-state index contributed by atoms with van der Waals surface area (Å²) in [5, 5.41) is 0. The summed E-state index contributed by atoms with van der Waals surface area (Å²) >= 11 is 0. The van der Waals surface area contributed by atoms with Crippen LogP contribution in [0.3, 0.4) is 0 Å². The predicted octanol–water partition coefficient (Wildman–Crippen LogP) is 1.90. The largest absolute Gasteiger partial charge is 0.383 e. The molecule has 1 aliphatic rings. The number of nitrogens with two attached hydrogens (primary N) is 1. The van der Waals surface area contributed by atoms with Crippen molar-refractivity contribution in [1.82, 2.24) is 4.90 Å². The van der Waals surface area contributed by atoms with Crippen LogP contribution in [0, 0.1) is 5.82 Å². The molecule has 0 atom stereocenters. The Bertz CT molecular complexity index is 393. The molecule has 2 rings (SSSR count). The summed E-state index contributed by atoms with van der Waals surface area (Å²) in [6.45, 7) is 2.77. The Labute approximate surface area is 108 Å². The van der Waals surface area contributed by atoms with E-state index >= 15 is 0 Å². The Morgan fingerprint density at radius 1 is 1.33 bits per heavy atom. The van der Waals surface area contributed by atoms with Gasteiger partial charge in [0.2, 0.25) is 0 Å². The van der Waals surface area contributed by atoms with Gasteiger partial charge < -0.3 is 10.5 Å². The third-order valence-corrected chi connectivity index (χ3v) is 3.28. The van der Waals surface area contributed by atoms with Gasteiger partial charge in [0.1, 0.15) is 5.82 Å². The lowest BCUT2D eigenvalue weighted by Crippen LogP contribution is -2.29. The SMILES string of the molecule is COCCN(Cc1cc(F)cc(CN)c1)C1CC1. The maximum absolute atomic E-state index is 13.4. The van der Waals surface area contributed by atoms with Gasteiger partial charge in [0.15, 0.2) is 0 Å². The van der Waals surface area contributed by atoms with Crippen LogP contribution < -0.4 is 5.73 Å². The molecule has 1 aromatic carbocycles. The van der Waals surface area contributed by atoms with E-state index < -0.39 is 0 Å². The van der Waals surface area contributed by atoms with E-state index in [1.165, 1.54) is 18.9 Å². The third kappa shape index (κ3) is 3.77. The summed E-state index contributed by atoms with van der Waals surface area (Å²) in [4.78, 5) is 2.36. The zero-order valence-corrected chi connectivity index (χ0v) is 10.9. The molecule has 100 valence electrons. The molecule has 0 amide bonds.